The van der Waals surface area contributed by atoms with Gasteiger partial charge in [-0.15, -0.1) is 0 Å². The summed E-state index contributed by atoms with van der Waals surface area (Å²) < 4.78 is 4.80. The second-order valence-electron chi connectivity index (χ2n) is 3.26. The van der Waals surface area contributed by atoms with Gasteiger partial charge in [-0.05, 0) is 13.3 Å². The lowest BCUT2D eigenvalue weighted by Crippen LogP contribution is -2.09. The SMILES string of the molecule is CCOC(=O)CCCNc1ncnc(N)c1Cl. The summed E-state index contributed by atoms with van der Waals surface area (Å²) >= 11 is 5.88. The average molecular weight is 259 g/mol. The molecule has 0 atom stereocenters. The van der Waals surface area contributed by atoms with Crippen molar-refractivity contribution < 1.29 is 9.53 Å². The Bertz CT molecular complexity index is 387. The van der Waals surface area contributed by atoms with Crippen molar-refractivity contribution in [2.24, 2.45) is 0 Å². The Morgan fingerprint density at radius 1 is 1.59 bits per heavy atom. The number of hydrogen-bond acceptors (Lipinski definition) is 6. The van der Waals surface area contributed by atoms with Crippen LogP contribution in [0.3, 0.4) is 0 Å². The predicted molar refractivity (Wildman–Crippen MR) is 65.8 cm³/mol. The number of nitrogens with two attached hydrogens (primary N) is 1. The predicted octanol–water partition coefficient (Wildman–Crippen LogP) is 1.47. The molecule has 17 heavy (non-hydrogen) atoms. The van der Waals surface area contributed by atoms with Gasteiger partial charge in [-0.2, -0.15) is 0 Å². The van der Waals surface area contributed by atoms with E-state index in [1.165, 1.54) is 6.33 Å². The van der Waals surface area contributed by atoms with Crippen LogP contribution in [0.15, 0.2) is 6.33 Å². The third-order valence-corrected chi connectivity index (χ3v) is 2.34. The van der Waals surface area contributed by atoms with Gasteiger partial charge in [0, 0.05) is 13.0 Å². The number of carbonyl (C=O) groups excluding carboxylic acids is 1. The van der Waals surface area contributed by atoms with E-state index in [1.54, 1.807) is 6.92 Å². The van der Waals surface area contributed by atoms with E-state index in [0.29, 0.717) is 36.8 Å². The van der Waals surface area contributed by atoms with Crippen molar-refractivity contribution in [1.29, 1.82) is 0 Å². The van der Waals surface area contributed by atoms with Crippen LogP contribution in [-0.2, 0) is 9.53 Å². The maximum Gasteiger partial charge on any atom is 0.305 e. The van der Waals surface area contributed by atoms with Crippen LogP contribution >= 0.6 is 11.6 Å². The topological polar surface area (TPSA) is 90.1 Å². The van der Waals surface area contributed by atoms with Gasteiger partial charge in [0.05, 0.1) is 6.61 Å². The van der Waals surface area contributed by atoms with E-state index < -0.39 is 0 Å². The number of hydrogen-bond donors (Lipinski definition) is 2. The Balaban J connectivity index is 2.31. The van der Waals surface area contributed by atoms with Crippen molar-refractivity contribution in [3.05, 3.63) is 11.3 Å². The molecule has 1 heterocycles. The number of halogens is 1. The van der Waals surface area contributed by atoms with Gasteiger partial charge in [0.2, 0.25) is 0 Å². The molecular weight excluding hydrogens is 244 g/mol. The highest BCUT2D eigenvalue weighted by Crippen LogP contribution is 2.22. The highest BCUT2D eigenvalue weighted by molar-refractivity contribution is 6.35. The number of anilines is 2. The zero-order chi connectivity index (χ0) is 12.7. The van der Waals surface area contributed by atoms with Crippen LogP contribution < -0.4 is 11.1 Å². The molecule has 94 valence electrons. The largest absolute Gasteiger partial charge is 0.466 e. The molecule has 0 fully saturated rings. The lowest BCUT2D eigenvalue weighted by molar-refractivity contribution is -0.143. The summed E-state index contributed by atoms with van der Waals surface area (Å²) in [5.74, 6) is 0.500. The summed E-state index contributed by atoms with van der Waals surface area (Å²) in [6, 6.07) is 0. The van der Waals surface area contributed by atoms with Crippen molar-refractivity contribution in [3.63, 3.8) is 0 Å². The lowest BCUT2D eigenvalue weighted by Gasteiger charge is -2.07. The summed E-state index contributed by atoms with van der Waals surface area (Å²) in [6.07, 6.45) is 2.33. The van der Waals surface area contributed by atoms with Crippen molar-refractivity contribution in [2.75, 3.05) is 24.2 Å². The van der Waals surface area contributed by atoms with Gasteiger partial charge in [-0.1, -0.05) is 11.6 Å². The highest BCUT2D eigenvalue weighted by atomic mass is 35.5. The Morgan fingerprint density at radius 2 is 2.35 bits per heavy atom. The molecule has 1 aromatic heterocycles. The number of nitrogens with one attached hydrogen (secondary N) is 1. The molecule has 3 N–H and O–H groups in total. The van der Waals surface area contributed by atoms with Crippen molar-refractivity contribution >= 4 is 29.2 Å². The molecule has 0 radical (unpaired) electrons. The second-order valence-corrected chi connectivity index (χ2v) is 3.63. The fourth-order valence-electron chi connectivity index (χ4n) is 1.18. The number of nitrogen functional groups attached to an aromatic ring is 1. The third kappa shape index (κ3) is 4.44. The molecule has 6 nitrogen and oxygen atoms in total. The fraction of sp³-hybridized carbons (Fsp3) is 0.500. The van der Waals surface area contributed by atoms with Gasteiger partial charge in [0.1, 0.15) is 23.0 Å². The number of esters is 1. The van der Waals surface area contributed by atoms with E-state index >= 15 is 0 Å². The number of rotatable bonds is 6. The number of aromatic nitrogens is 2. The van der Waals surface area contributed by atoms with Crippen LogP contribution in [-0.4, -0.2) is 29.1 Å². The van der Waals surface area contributed by atoms with Crippen molar-refractivity contribution in [1.82, 2.24) is 9.97 Å². The molecule has 0 spiro atoms. The van der Waals surface area contributed by atoms with E-state index in [4.69, 9.17) is 22.1 Å². The molecule has 0 aliphatic heterocycles. The van der Waals surface area contributed by atoms with Gasteiger partial charge in [0.25, 0.3) is 0 Å². The average Bonchev–Trinajstić information content (AvgIpc) is 2.30. The fourth-order valence-corrected chi connectivity index (χ4v) is 1.34. The molecule has 0 aliphatic rings. The van der Waals surface area contributed by atoms with Gasteiger partial charge >= 0.3 is 5.97 Å². The minimum Gasteiger partial charge on any atom is -0.466 e. The quantitative estimate of drug-likeness (QED) is 0.593. The lowest BCUT2D eigenvalue weighted by atomic mass is 10.3. The Morgan fingerprint density at radius 3 is 3.06 bits per heavy atom. The summed E-state index contributed by atoms with van der Waals surface area (Å²) in [4.78, 5) is 18.7. The Hall–Kier alpha value is -1.56. The molecule has 0 saturated carbocycles. The molecule has 7 heteroatoms. The first-order valence-electron chi connectivity index (χ1n) is 5.30. The first kappa shape index (κ1) is 13.5. The van der Waals surface area contributed by atoms with Crippen molar-refractivity contribution in [3.8, 4) is 0 Å². The van der Waals surface area contributed by atoms with Gasteiger partial charge in [0.15, 0.2) is 0 Å². The van der Waals surface area contributed by atoms with E-state index in [0.717, 1.165) is 0 Å². The summed E-state index contributed by atoms with van der Waals surface area (Å²) in [5.41, 5.74) is 5.52. The van der Waals surface area contributed by atoms with Crippen LogP contribution in [0.4, 0.5) is 11.6 Å². The third-order valence-electron chi connectivity index (χ3n) is 1.97. The van der Waals surface area contributed by atoms with Crippen LogP contribution in [0.1, 0.15) is 19.8 Å². The first-order valence-corrected chi connectivity index (χ1v) is 5.68. The van der Waals surface area contributed by atoms with Crippen LogP contribution in [0.25, 0.3) is 0 Å². The number of carbonyl (C=O) groups is 1. The maximum absolute atomic E-state index is 11.1. The Kier molecular flexibility index (Phi) is 5.48. The van der Waals surface area contributed by atoms with Crippen LogP contribution in [0.2, 0.25) is 5.02 Å². The van der Waals surface area contributed by atoms with E-state index in [9.17, 15) is 4.79 Å². The van der Waals surface area contributed by atoms with E-state index in [-0.39, 0.29) is 11.8 Å². The normalized spacial score (nSPS) is 10.0. The minimum absolute atomic E-state index is 0.206. The molecular formula is C10H15ClN4O2. The summed E-state index contributed by atoms with van der Waals surface area (Å²) in [7, 11) is 0. The highest BCUT2D eigenvalue weighted by Gasteiger charge is 2.06. The zero-order valence-corrected chi connectivity index (χ0v) is 10.3. The molecule has 0 bridgehead atoms. The van der Waals surface area contributed by atoms with E-state index in [1.807, 2.05) is 0 Å². The van der Waals surface area contributed by atoms with Gasteiger partial charge in [-0.25, -0.2) is 9.97 Å². The standard InChI is InChI=1S/C10H15ClN4O2/c1-2-17-7(16)4-3-5-13-10-8(11)9(12)14-6-15-10/h6H,2-5H2,1H3,(H3,12,13,14,15). The molecule has 0 amide bonds. The molecule has 0 saturated heterocycles. The molecule has 0 unspecified atom stereocenters. The van der Waals surface area contributed by atoms with Crippen LogP contribution in [0.5, 0.6) is 0 Å². The second kappa shape index (κ2) is 6.90. The number of ether oxygens (including phenoxy) is 1. The monoisotopic (exact) mass is 258 g/mol. The molecule has 0 aliphatic carbocycles. The van der Waals surface area contributed by atoms with Gasteiger partial charge in [-0.3, -0.25) is 4.79 Å². The molecule has 1 aromatic rings. The van der Waals surface area contributed by atoms with Crippen molar-refractivity contribution in [2.45, 2.75) is 19.8 Å². The maximum atomic E-state index is 11.1. The molecule has 1 rings (SSSR count). The minimum atomic E-state index is -0.206. The number of nitrogens with zero attached hydrogens (tertiary/aromatic N) is 2. The first-order chi connectivity index (χ1) is 8.15. The summed E-state index contributed by atoms with van der Waals surface area (Å²) in [5, 5.41) is 3.28. The Labute approximate surface area is 105 Å². The smallest absolute Gasteiger partial charge is 0.305 e. The van der Waals surface area contributed by atoms with Gasteiger partial charge < -0.3 is 15.8 Å². The molecule has 0 aromatic carbocycles. The summed E-state index contributed by atoms with van der Waals surface area (Å²) in [6.45, 7) is 2.75. The van der Waals surface area contributed by atoms with Crippen LogP contribution in [0, 0.1) is 0 Å². The van der Waals surface area contributed by atoms with E-state index in [2.05, 4.69) is 15.3 Å². The zero-order valence-electron chi connectivity index (χ0n) is 9.57.